The molecular formula is C11H15N5S. The maximum Gasteiger partial charge on any atom is 0.228 e. The average molecular weight is 249 g/mol. The third-order valence-corrected chi connectivity index (χ3v) is 3.61. The summed E-state index contributed by atoms with van der Waals surface area (Å²) in [5, 5.41) is 5.31. The Bertz CT molecular complexity index is 502. The average Bonchev–Trinajstić information content (AvgIpc) is 2.62. The van der Waals surface area contributed by atoms with Crippen molar-refractivity contribution in [2.24, 2.45) is 0 Å². The molecule has 0 saturated heterocycles. The van der Waals surface area contributed by atoms with Crippen LogP contribution in [0.5, 0.6) is 0 Å². The van der Waals surface area contributed by atoms with Gasteiger partial charge in [-0.15, -0.1) is 11.3 Å². The summed E-state index contributed by atoms with van der Waals surface area (Å²) in [7, 11) is 0. The first-order valence-corrected chi connectivity index (χ1v) is 6.23. The highest BCUT2D eigenvalue weighted by Crippen LogP contribution is 2.25. The lowest BCUT2D eigenvalue weighted by Crippen LogP contribution is -2.11. The fourth-order valence-corrected chi connectivity index (χ4v) is 2.59. The van der Waals surface area contributed by atoms with Gasteiger partial charge in [-0.05, 0) is 37.8 Å². The van der Waals surface area contributed by atoms with E-state index in [0.29, 0.717) is 11.8 Å². The van der Waals surface area contributed by atoms with Crippen molar-refractivity contribution in [2.45, 2.75) is 26.8 Å². The minimum atomic E-state index is 0.163. The number of hydrogen-bond donors (Lipinski definition) is 2. The molecule has 6 heteroatoms. The predicted octanol–water partition coefficient (Wildman–Crippen LogP) is 2.31. The summed E-state index contributed by atoms with van der Waals surface area (Å²) in [5.41, 5.74) is 6.86. The van der Waals surface area contributed by atoms with Gasteiger partial charge in [0.2, 0.25) is 11.9 Å². The van der Waals surface area contributed by atoms with Crippen LogP contribution >= 0.6 is 11.3 Å². The Morgan fingerprint density at radius 1 is 1.29 bits per heavy atom. The molecule has 0 aromatic carbocycles. The summed E-state index contributed by atoms with van der Waals surface area (Å²) in [6.07, 6.45) is 0. The molecule has 0 bridgehead atoms. The number of nitrogen functional groups attached to an aromatic ring is 1. The van der Waals surface area contributed by atoms with Crippen LogP contribution in [0.25, 0.3) is 0 Å². The molecule has 90 valence electrons. The molecule has 1 unspecified atom stereocenters. The molecule has 0 aliphatic rings. The highest BCUT2D eigenvalue weighted by atomic mass is 32.1. The molecule has 0 aliphatic carbocycles. The van der Waals surface area contributed by atoms with E-state index in [2.05, 4.69) is 45.6 Å². The Kier molecular flexibility index (Phi) is 3.23. The monoisotopic (exact) mass is 249 g/mol. The second-order valence-corrected chi connectivity index (χ2v) is 4.85. The van der Waals surface area contributed by atoms with E-state index in [1.54, 1.807) is 18.3 Å². The maximum atomic E-state index is 5.58. The van der Waals surface area contributed by atoms with Gasteiger partial charge in [-0.2, -0.15) is 15.0 Å². The lowest BCUT2D eigenvalue weighted by atomic mass is 10.2. The van der Waals surface area contributed by atoms with E-state index in [0.717, 1.165) is 0 Å². The number of aryl methyl sites for hydroxylation is 2. The van der Waals surface area contributed by atoms with E-state index in [1.807, 2.05) is 0 Å². The van der Waals surface area contributed by atoms with Crippen LogP contribution in [0.1, 0.15) is 29.2 Å². The molecular weight excluding hydrogens is 234 g/mol. The zero-order valence-corrected chi connectivity index (χ0v) is 10.9. The molecule has 2 aromatic rings. The second kappa shape index (κ2) is 4.67. The van der Waals surface area contributed by atoms with Gasteiger partial charge < -0.3 is 11.1 Å². The SMILES string of the molecule is Cc1nc(N)nc(NC(C)c2sccc2C)n1. The van der Waals surface area contributed by atoms with Crippen molar-refractivity contribution in [1.29, 1.82) is 0 Å². The normalized spacial score (nSPS) is 12.4. The molecule has 0 amide bonds. The molecule has 1 atom stereocenters. The number of hydrogen-bond acceptors (Lipinski definition) is 6. The number of nitrogens with one attached hydrogen (secondary N) is 1. The van der Waals surface area contributed by atoms with Crippen LogP contribution < -0.4 is 11.1 Å². The molecule has 17 heavy (non-hydrogen) atoms. The third-order valence-electron chi connectivity index (χ3n) is 2.41. The molecule has 2 aromatic heterocycles. The quantitative estimate of drug-likeness (QED) is 0.872. The van der Waals surface area contributed by atoms with Crippen molar-refractivity contribution >= 4 is 23.2 Å². The first-order valence-electron chi connectivity index (χ1n) is 5.35. The number of rotatable bonds is 3. The number of aromatic nitrogens is 3. The Balaban J connectivity index is 2.18. The Morgan fingerprint density at radius 3 is 2.65 bits per heavy atom. The lowest BCUT2D eigenvalue weighted by molar-refractivity contribution is 0.858. The molecule has 2 heterocycles. The van der Waals surface area contributed by atoms with Crippen LogP contribution in [-0.2, 0) is 0 Å². The van der Waals surface area contributed by atoms with Crippen molar-refractivity contribution in [3.05, 3.63) is 27.7 Å². The number of nitrogens with zero attached hydrogens (tertiary/aromatic N) is 3. The lowest BCUT2D eigenvalue weighted by Gasteiger charge is -2.13. The van der Waals surface area contributed by atoms with Crippen molar-refractivity contribution in [3.63, 3.8) is 0 Å². The molecule has 3 N–H and O–H groups in total. The third kappa shape index (κ3) is 2.71. The summed E-state index contributed by atoms with van der Waals surface area (Å²) in [5.74, 6) is 1.39. The Hall–Kier alpha value is -1.69. The molecule has 0 aliphatic heterocycles. The van der Waals surface area contributed by atoms with Gasteiger partial charge in [-0.1, -0.05) is 0 Å². The zero-order valence-electron chi connectivity index (χ0n) is 10.1. The summed E-state index contributed by atoms with van der Waals surface area (Å²) in [4.78, 5) is 13.5. The van der Waals surface area contributed by atoms with Crippen LogP contribution in [0.4, 0.5) is 11.9 Å². The van der Waals surface area contributed by atoms with Crippen molar-refractivity contribution in [2.75, 3.05) is 11.1 Å². The van der Waals surface area contributed by atoms with Crippen molar-refractivity contribution in [1.82, 2.24) is 15.0 Å². The number of thiophene rings is 1. The summed E-state index contributed by atoms with van der Waals surface area (Å²) < 4.78 is 0. The number of anilines is 2. The maximum absolute atomic E-state index is 5.58. The van der Waals surface area contributed by atoms with Gasteiger partial charge in [0.15, 0.2) is 0 Å². The highest BCUT2D eigenvalue weighted by Gasteiger charge is 2.11. The van der Waals surface area contributed by atoms with E-state index in [1.165, 1.54) is 10.4 Å². The molecule has 0 spiro atoms. The van der Waals surface area contributed by atoms with Crippen molar-refractivity contribution in [3.8, 4) is 0 Å². The Labute approximate surface area is 104 Å². The summed E-state index contributed by atoms with van der Waals surface area (Å²) in [6.45, 7) is 5.97. The van der Waals surface area contributed by atoms with Gasteiger partial charge in [0.05, 0.1) is 6.04 Å². The molecule has 0 radical (unpaired) electrons. The van der Waals surface area contributed by atoms with Gasteiger partial charge in [-0.3, -0.25) is 0 Å². The van der Waals surface area contributed by atoms with Gasteiger partial charge in [0.25, 0.3) is 0 Å². The molecule has 0 saturated carbocycles. The first kappa shape index (κ1) is 11.8. The minimum absolute atomic E-state index is 0.163. The van der Waals surface area contributed by atoms with E-state index in [9.17, 15) is 0 Å². The van der Waals surface area contributed by atoms with Crippen LogP contribution in [0.3, 0.4) is 0 Å². The van der Waals surface area contributed by atoms with Crippen LogP contribution in [0, 0.1) is 13.8 Å². The minimum Gasteiger partial charge on any atom is -0.368 e. The van der Waals surface area contributed by atoms with Gasteiger partial charge in [-0.25, -0.2) is 0 Å². The topological polar surface area (TPSA) is 76.7 Å². The van der Waals surface area contributed by atoms with Gasteiger partial charge in [0, 0.05) is 4.88 Å². The van der Waals surface area contributed by atoms with Gasteiger partial charge in [0.1, 0.15) is 5.82 Å². The predicted molar refractivity (Wildman–Crippen MR) is 70.1 cm³/mol. The summed E-state index contributed by atoms with van der Waals surface area (Å²) in [6, 6.07) is 2.27. The van der Waals surface area contributed by atoms with E-state index in [4.69, 9.17) is 5.73 Å². The number of nitrogens with two attached hydrogens (primary N) is 1. The van der Waals surface area contributed by atoms with Crippen LogP contribution in [0.2, 0.25) is 0 Å². The highest BCUT2D eigenvalue weighted by molar-refractivity contribution is 7.10. The fraction of sp³-hybridized carbons (Fsp3) is 0.364. The fourth-order valence-electron chi connectivity index (χ4n) is 1.65. The molecule has 2 rings (SSSR count). The summed E-state index contributed by atoms with van der Waals surface area (Å²) >= 11 is 1.72. The smallest absolute Gasteiger partial charge is 0.228 e. The van der Waals surface area contributed by atoms with Crippen LogP contribution in [0.15, 0.2) is 11.4 Å². The Morgan fingerprint density at radius 2 is 2.06 bits per heavy atom. The van der Waals surface area contributed by atoms with Crippen molar-refractivity contribution < 1.29 is 0 Å². The largest absolute Gasteiger partial charge is 0.368 e. The second-order valence-electron chi connectivity index (χ2n) is 3.90. The van der Waals surface area contributed by atoms with E-state index >= 15 is 0 Å². The standard InChI is InChI=1S/C11H15N5S/c1-6-4-5-17-9(6)7(2)13-11-15-8(3)14-10(12)16-11/h4-5,7H,1-3H3,(H3,12,13,14,15,16). The first-order chi connectivity index (χ1) is 8.06. The molecule has 0 fully saturated rings. The van der Waals surface area contributed by atoms with Crippen LogP contribution in [-0.4, -0.2) is 15.0 Å². The van der Waals surface area contributed by atoms with E-state index < -0.39 is 0 Å². The zero-order chi connectivity index (χ0) is 12.4. The molecule has 5 nitrogen and oxygen atoms in total. The van der Waals surface area contributed by atoms with Gasteiger partial charge >= 0.3 is 0 Å². The van der Waals surface area contributed by atoms with E-state index in [-0.39, 0.29) is 12.0 Å².